The van der Waals surface area contributed by atoms with Gasteiger partial charge in [0.2, 0.25) is 0 Å². The van der Waals surface area contributed by atoms with Gasteiger partial charge in [0.15, 0.2) is 0 Å². The first-order valence-electron chi connectivity index (χ1n) is 14.3. The van der Waals surface area contributed by atoms with Crippen LogP contribution >= 0.6 is 0 Å². The van der Waals surface area contributed by atoms with Crippen molar-refractivity contribution in [2.75, 3.05) is 6.61 Å². The van der Waals surface area contributed by atoms with Crippen molar-refractivity contribution < 1.29 is 5.11 Å². The normalized spacial score (nSPS) is 64.9. The molecule has 0 aromatic carbocycles. The molecule has 1 heteroatoms. The third-order valence-electron chi connectivity index (χ3n) is 14.9. The number of hydrogen-bond acceptors (Lipinski definition) is 1. The summed E-state index contributed by atoms with van der Waals surface area (Å²) in [6.45, 7) is 16.4. The maximum Gasteiger partial charge on any atom is 0.0493 e. The molecule has 0 heterocycles. The topological polar surface area (TPSA) is 20.2 Å². The Labute approximate surface area is 192 Å². The van der Waals surface area contributed by atoms with E-state index in [1.165, 1.54) is 70.6 Å². The van der Waals surface area contributed by atoms with Crippen molar-refractivity contribution in [3.8, 4) is 0 Å². The second-order valence-electron chi connectivity index (χ2n) is 14.6. The molecule has 6 rings (SSSR count). The summed E-state index contributed by atoms with van der Waals surface area (Å²) < 4.78 is 0. The third-order valence-corrected chi connectivity index (χ3v) is 14.9. The Bertz CT molecular complexity index is 760. The predicted molar refractivity (Wildman–Crippen MR) is 129 cm³/mol. The van der Waals surface area contributed by atoms with Crippen LogP contribution in [0.15, 0.2) is 0 Å². The molecule has 0 aliphatic heterocycles. The quantitative estimate of drug-likeness (QED) is 0.455. The van der Waals surface area contributed by atoms with Crippen LogP contribution in [0.3, 0.4) is 0 Å². The standard InChI is InChI=1S/C30H50O/c1-19-8-14-26(5)23(20(19)2)9-15-27(6)24(26)11-17-29-21(3)22(4)30(29)13-7-12-28(30,18-31)16-10-25(27)29/h19-25,31H,7-18H2,1-6H3. The van der Waals surface area contributed by atoms with Crippen LogP contribution < -0.4 is 0 Å². The minimum absolute atomic E-state index is 0.258. The zero-order valence-corrected chi connectivity index (χ0v) is 21.5. The van der Waals surface area contributed by atoms with Crippen LogP contribution in [0.1, 0.15) is 112 Å². The minimum atomic E-state index is 0.258. The average molecular weight is 427 g/mol. The lowest BCUT2D eigenvalue weighted by atomic mass is 9.21. The highest BCUT2D eigenvalue weighted by atomic mass is 16.3. The smallest absolute Gasteiger partial charge is 0.0493 e. The van der Waals surface area contributed by atoms with E-state index < -0.39 is 0 Å². The largest absolute Gasteiger partial charge is 0.396 e. The molecule has 2 spiro atoms. The van der Waals surface area contributed by atoms with Crippen LogP contribution in [0.4, 0.5) is 0 Å². The first-order valence-corrected chi connectivity index (χ1v) is 14.3. The zero-order chi connectivity index (χ0) is 22.0. The highest BCUT2D eigenvalue weighted by Crippen LogP contribution is 2.88. The molecule has 6 saturated carbocycles. The summed E-state index contributed by atoms with van der Waals surface area (Å²) in [5, 5.41) is 10.8. The van der Waals surface area contributed by atoms with E-state index in [9.17, 15) is 5.11 Å². The van der Waals surface area contributed by atoms with E-state index in [0.717, 1.165) is 41.4 Å². The molecule has 6 aliphatic carbocycles. The molecular formula is C30H50O. The highest BCUT2D eigenvalue weighted by molar-refractivity contribution is 5.30. The van der Waals surface area contributed by atoms with Gasteiger partial charge in [-0.3, -0.25) is 0 Å². The van der Waals surface area contributed by atoms with E-state index in [1.54, 1.807) is 0 Å². The molecule has 12 atom stereocenters. The predicted octanol–water partition coefficient (Wildman–Crippen LogP) is 7.72. The van der Waals surface area contributed by atoms with Crippen molar-refractivity contribution in [1.29, 1.82) is 0 Å². The molecule has 0 aromatic rings. The van der Waals surface area contributed by atoms with E-state index in [1.807, 2.05) is 0 Å². The van der Waals surface area contributed by atoms with Crippen molar-refractivity contribution in [2.45, 2.75) is 112 Å². The van der Waals surface area contributed by atoms with Crippen molar-refractivity contribution >= 4 is 0 Å². The second kappa shape index (κ2) is 6.34. The van der Waals surface area contributed by atoms with Crippen molar-refractivity contribution in [3.63, 3.8) is 0 Å². The molecule has 1 nitrogen and oxygen atoms in total. The summed E-state index contributed by atoms with van der Waals surface area (Å²) >= 11 is 0. The summed E-state index contributed by atoms with van der Waals surface area (Å²) in [6, 6.07) is 0. The van der Waals surface area contributed by atoms with Gasteiger partial charge in [-0.1, -0.05) is 48.0 Å². The molecule has 31 heavy (non-hydrogen) atoms. The van der Waals surface area contributed by atoms with Crippen LogP contribution in [-0.2, 0) is 0 Å². The molecule has 12 unspecified atom stereocenters. The lowest BCUT2D eigenvalue weighted by Gasteiger charge is -2.83. The summed E-state index contributed by atoms with van der Waals surface area (Å²) in [6.07, 6.45) is 15.7. The van der Waals surface area contributed by atoms with Crippen LogP contribution in [-0.4, -0.2) is 11.7 Å². The zero-order valence-electron chi connectivity index (χ0n) is 21.5. The van der Waals surface area contributed by atoms with E-state index in [4.69, 9.17) is 0 Å². The Morgan fingerprint density at radius 3 is 2.16 bits per heavy atom. The fraction of sp³-hybridized carbons (Fsp3) is 1.00. The number of aliphatic hydroxyl groups excluding tert-OH is 1. The van der Waals surface area contributed by atoms with Gasteiger partial charge in [-0.15, -0.1) is 0 Å². The maximum atomic E-state index is 10.8. The average Bonchev–Trinajstić information content (AvgIpc) is 3.17. The second-order valence-corrected chi connectivity index (χ2v) is 14.6. The van der Waals surface area contributed by atoms with Crippen molar-refractivity contribution in [2.24, 2.45) is 68.5 Å². The van der Waals surface area contributed by atoms with Gasteiger partial charge in [0.05, 0.1) is 0 Å². The van der Waals surface area contributed by atoms with Gasteiger partial charge in [-0.2, -0.15) is 0 Å². The number of fused-ring (bicyclic) bond motifs is 4. The Balaban J connectivity index is 1.44. The van der Waals surface area contributed by atoms with E-state index >= 15 is 0 Å². The van der Waals surface area contributed by atoms with E-state index in [-0.39, 0.29) is 5.41 Å². The number of rotatable bonds is 1. The monoisotopic (exact) mass is 426 g/mol. The fourth-order valence-electron chi connectivity index (χ4n) is 13.6. The molecule has 0 aromatic heterocycles. The Hall–Kier alpha value is -0.0400. The van der Waals surface area contributed by atoms with Gasteiger partial charge in [-0.25, -0.2) is 0 Å². The first kappa shape index (κ1) is 21.5. The van der Waals surface area contributed by atoms with Gasteiger partial charge >= 0.3 is 0 Å². The van der Waals surface area contributed by atoms with Crippen LogP contribution in [0, 0.1) is 68.5 Å². The molecule has 6 fully saturated rings. The van der Waals surface area contributed by atoms with E-state index in [2.05, 4.69) is 41.5 Å². The summed E-state index contributed by atoms with van der Waals surface area (Å²) in [5.41, 5.74) is 2.36. The molecule has 0 saturated heterocycles. The highest BCUT2D eigenvalue weighted by Gasteiger charge is 2.82. The van der Waals surface area contributed by atoms with Crippen LogP contribution in [0.2, 0.25) is 0 Å². The molecule has 0 bridgehead atoms. The lowest BCUT2D eigenvalue weighted by molar-refractivity contribution is -0.356. The number of hydrogen-bond donors (Lipinski definition) is 1. The Kier molecular flexibility index (Phi) is 4.39. The molecule has 176 valence electrons. The van der Waals surface area contributed by atoms with Crippen molar-refractivity contribution in [3.05, 3.63) is 0 Å². The SMILES string of the molecule is CC1CCC2(C)C(CCC3(C)C2CCC24C(C)C(C)C25CCCC5(CO)CCC34)C1C. The molecule has 1 N–H and O–H groups in total. The Morgan fingerprint density at radius 2 is 1.42 bits per heavy atom. The van der Waals surface area contributed by atoms with Crippen LogP contribution in [0.25, 0.3) is 0 Å². The lowest BCUT2D eigenvalue weighted by Crippen LogP contribution is -2.78. The summed E-state index contributed by atoms with van der Waals surface area (Å²) in [5.74, 6) is 6.32. The van der Waals surface area contributed by atoms with E-state index in [0.29, 0.717) is 28.3 Å². The third kappa shape index (κ3) is 2.05. The molecular weight excluding hydrogens is 376 g/mol. The van der Waals surface area contributed by atoms with Gasteiger partial charge in [0.25, 0.3) is 0 Å². The minimum Gasteiger partial charge on any atom is -0.396 e. The van der Waals surface area contributed by atoms with Gasteiger partial charge < -0.3 is 5.11 Å². The maximum absolute atomic E-state index is 10.8. The van der Waals surface area contributed by atoms with Gasteiger partial charge in [-0.05, 0) is 133 Å². The molecule has 0 amide bonds. The number of aliphatic hydroxyl groups is 1. The summed E-state index contributed by atoms with van der Waals surface area (Å²) in [7, 11) is 0. The molecule has 6 aliphatic rings. The fourth-order valence-corrected chi connectivity index (χ4v) is 13.6. The Morgan fingerprint density at radius 1 is 0.710 bits per heavy atom. The van der Waals surface area contributed by atoms with Crippen molar-refractivity contribution in [1.82, 2.24) is 0 Å². The van der Waals surface area contributed by atoms with Gasteiger partial charge in [0, 0.05) is 6.61 Å². The first-order chi connectivity index (χ1) is 14.6. The molecule has 0 radical (unpaired) electrons. The summed E-state index contributed by atoms with van der Waals surface area (Å²) in [4.78, 5) is 0. The van der Waals surface area contributed by atoms with Crippen LogP contribution in [0.5, 0.6) is 0 Å². The van der Waals surface area contributed by atoms with Gasteiger partial charge in [0.1, 0.15) is 0 Å².